The summed E-state index contributed by atoms with van der Waals surface area (Å²) in [6.07, 6.45) is 0. The van der Waals surface area contributed by atoms with Crippen molar-refractivity contribution in [3.63, 3.8) is 0 Å². The van der Waals surface area contributed by atoms with E-state index in [1.165, 1.54) is 11.8 Å². The van der Waals surface area contributed by atoms with Gasteiger partial charge in [-0.15, -0.1) is 5.10 Å². The smallest absolute Gasteiger partial charge is 0.251 e. The normalized spacial score (nSPS) is 12.9. The maximum absolute atomic E-state index is 12.5. The van der Waals surface area contributed by atoms with Crippen molar-refractivity contribution in [1.29, 1.82) is 0 Å². The molecule has 0 saturated carbocycles. The minimum Gasteiger partial charge on any atom is -0.349 e. The lowest BCUT2D eigenvalue weighted by molar-refractivity contribution is -0.119. The molecule has 3 N–H and O–H groups in total. The van der Waals surface area contributed by atoms with Crippen LogP contribution in [0.5, 0.6) is 0 Å². The van der Waals surface area contributed by atoms with E-state index in [2.05, 4.69) is 25.8 Å². The highest BCUT2D eigenvalue weighted by molar-refractivity contribution is 7.99. The molecule has 31 heavy (non-hydrogen) atoms. The molecule has 2 amide bonds. The summed E-state index contributed by atoms with van der Waals surface area (Å²) >= 11 is 1.25. The zero-order valence-electron chi connectivity index (χ0n) is 17.8. The zero-order chi connectivity index (χ0) is 22.2. The second kappa shape index (κ2) is 10.8. The number of carbonyl (C=O) groups excluding carboxylic acids is 2. The van der Waals surface area contributed by atoms with Crippen molar-refractivity contribution in [3.05, 3.63) is 77.6 Å². The van der Waals surface area contributed by atoms with E-state index >= 15 is 0 Å². The molecule has 2 atom stereocenters. The van der Waals surface area contributed by atoms with Crippen molar-refractivity contribution in [1.82, 2.24) is 25.8 Å². The Bertz CT molecular complexity index is 991. The lowest BCUT2D eigenvalue weighted by atomic mass is 10.0. The molecule has 3 rings (SSSR count). The number of aromatic nitrogens is 3. The number of hydrogen-bond donors (Lipinski definition) is 3. The Morgan fingerprint density at radius 2 is 1.61 bits per heavy atom. The Morgan fingerprint density at radius 3 is 2.26 bits per heavy atom. The third-order valence-electron chi connectivity index (χ3n) is 4.78. The molecule has 1 aromatic heterocycles. The average Bonchev–Trinajstić information content (AvgIpc) is 3.25. The minimum absolute atomic E-state index is 0.0736. The third-order valence-corrected chi connectivity index (χ3v) is 5.62. The van der Waals surface area contributed by atoms with Gasteiger partial charge in [0.1, 0.15) is 5.82 Å². The Kier molecular flexibility index (Phi) is 7.83. The SMILES string of the molecule is CC(NC(=O)CSc1n[nH]c(C(NC(=O)c2ccccc2)C(C)C)n1)c1ccccc1. The van der Waals surface area contributed by atoms with Crippen molar-refractivity contribution < 1.29 is 9.59 Å². The summed E-state index contributed by atoms with van der Waals surface area (Å²) in [6, 6.07) is 18.5. The maximum atomic E-state index is 12.5. The van der Waals surface area contributed by atoms with Crippen LogP contribution in [0.25, 0.3) is 0 Å². The summed E-state index contributed by atoms with van der Waals surface area (Å²) in [7, 11) is 0. The van der Waals surface area contributed by atoms with Crippen LogP contribution in [-0.4, -0.2) is 32.7 Å². The Balaban J connectivity index is 1.56. The quantitative estimate of drug-likeness (QED) is 0.441. The summed E-state index contributed by atoms with van der Waals surface area (Å²) in [5.74, 6) is 0.620. The number of thioether (sulfide) groups is 1. The van der Waals surface area contributed by atoms with E-state index in [1.54, 1.807) is 12.1 Å². The van der Waals surface area contributed by atoms with Gasteiger partial charge in [-0.2, -0.15) is 0 Å². The van der Waals surface area contributed by atoms with Crippen LogP contribution in [0, 0.1) is 5.92 Å². The van der Waals surface area contributed by atoms with E-state index in [0.717, 1.165) is 5.56 Å². The van der Waals surface area contributed by atoms with Crippen LogP contribution in [0.15, 0.2) is 65.8 Å². The van der Waals surface area contributed by atoms with Crippen LogP contribution >= 0.6 is 11.8 Å². The number of benzene rings is 2. The summed E-state index contributed by atoms with van der Waals surface area (Å²) in [6.45, 7) is 5.96. The molecule has 8 heteroatoms. The van der Waals surface area contributed by atoms with Gasteiger partial charge in [-0.25, -0.2) is 4.98 Å². The van der Waals surface area contributed by atoms with Crippen LogP contribution in [-0.2, 0) is 4.79 Å². The Labute approximate surface area is 186 Å². The minimum atomic E-state index is -0.318. The third kappa shape index (κ3) is 6.42. The van der Waals surface area contributed by atoms with Gasteiger partial charge in [-0.05, 0) is 30.5 Å². The zero-order valence-corrected chi connectivity index (χ0v) is 18.6. The van der Waals surface area contributed by atoms with E-state index in [9.17, 15) is 9.59 Å². The summed E-state index contributed by atoms with van der Waals surface area (Å²) in [4.78, 5) is 29.3. The highest BCUT2D eigenvalue weighted by atomic mass is 32.2. The molecular weight excluding hydrogens is 410 g/mol. The standard InChI is InChI=1S/C23H27N5O2S/c1-15(2)20(25-22(30)18-12-8-5-9-13-18)21-26-23(28-27-21)31-14-19(29)24-16(3)17-10-6-4-7-11-17/h4-13,15-16,20H,14H2,1-3H3,(H,24,29)(H,25,30)(H,26,27,28). The van der Waals surface area contributed by atoms with Gasteiger partial charge in [-0.1, -0.05) is 74.1 Å². The first-order valence-electron chi connectivity index (χ1n) is 10.2. The molecule has 0 aliphatic heterocycles. The predicted molar refractivity (Wildman–Crippen MR) is 122 cm³/mol. The molecule has 0 aliphatic rings. The second-order valence-electron chi connectivity index (χ2n) is 7.55. The number of H-pyrrole nitrogens is 1. The molecule has 162 valence electrons. The van der Waals surface area contributed by atoms with Crippen molar-refractivity contribution >= 4 is 23.6 Å². The van der Waals surface area contributed by atoms with Gasteiger partial charge in [0.2, 0.25) is 11.1 Å². The number of nitrogens with one attached hydrogen (secondary N) is 3. The van der Waals surface area contributed by atoms with Gasteiger partial charge in [0.05, 0.1) is 17.8 Å². The van der Waals surface area contributed by atoms with Crippen molar-refractivity contribution in [2.75, 3.05) is 5.75 Å². The highest BCUT2D eigenvalue weighted by Crippen LogP contribution is 2.22. The first-order chi connectivity index (χ1) is 14.9. The van der Waals surface area contributed by atoms with Crippen LogP contribution < -0.4 is 10.6 Å². The average molecular weight is 438 g/mol. The molecular formula is C23H27N5O2S. The number of carbonyl (C=O) groups is 2. The Morgan fingerprint density at radius 1 is 0.968 bits per heavy atom. The largest absolute Gasteiger partial charge is 0.349 e. The van der Waals surface area contributed by atoms with E-state index < -0.39 is 0 Å². The first-order valence-corrected chi connectivity index (χ1v) is 11.2. The fraction of sp³-hybridized carbons (Fsp3) is 0.304. The van der Waals surface area contributed by atoms with E-state index in [-0.39, 0.29) is 35.6 Å². The second-order valence-corrected chi connectivity index (χ2v) is 8.50. The highest BCUT2D eigenvalue weighted by Gasteiger charge is 2.23. The molecule has 0 fully saturated rings. The van der Waals surface area contributed by atoms with Gasteiger partial charge >= 0.3 is 0 Å². The van der Waals surface area contributed by atoms with Gasteiger partial charge in [0.15, 0.2) is 0 Å². The van der Waals surface area contributed by atoms with E-state index in [4.69, 9.17) is 0 Å². The molecule has 7 nitrogen and oxygen atoms in total. The molecule has 2 unspecified atom stereocenters. The number of aromatic amines is 1. The predicted octanol–water partition coefficient (Wildman–Crippen LogP) is 3.90. The molecule has 3 aromatic rings. The molecule has 0 aliphatic carbocycles. The summed E-state index contributed by atoms with van der Waals surface area (Å²) in [5, 5.41) is 13.6. The van der Waals surface area contributed by atoms with Crippen LogP contribution in [0.4, 0.5) is 0 Å². The molecule has 0 bridgehead atoms. The maximum Gasteiger partial charge on any atom is 0.251 e. The topological polar surface area (TPSA) is 99.8 Å². The fourth-order valence-electron chi connectivity index (χ4n) is 3.06. The van der Waals surface area contributed by atoms with Crippen molar-refractivity contribution in [2.45, 2.75) is 38.0 Å². The fourth-order valence-corrected chi connectivity index (χ4v) is 3.68. The molecule has 0 spiro atoms. The molecule has 0 radical (unpaired) electrons. The van der Waals surface area contributed by atoms with Gasteiger partial charge < -0.3 is 10.6 Å². The van der Waals surface area contributed by atoms with Crippen LogP contribution in [0.1, 0.15) is 54.6 Å². The molecule has 2 aromatic carbocycles. The number of hydrogen-bond acceptors (Lipinski definition) is 5. The Hall–Kier alpha value is -3.13. The summed E-state index contributed by atoms with van der Waals surface area (Å²) in [5.41, 5.74) is 1.64. The van der Waals surface area contributed by atoms with Crippen molar-refractivity contribution in [3.8, 4) is 0 Å². The number of rotatable bonds is 9. The van der Waals surface area contributed by atoms with Gasteiger partial charge in [-0.3, -0.25) is 14.7 Å². The number of nitrogens with zero attached hydrogens (tertiary/aromatic N) is 2. The van der Waals surface area contributed by atoms with Crippen molar-refractivity contribution in [2.24, 2.45) is 5.92 Å². The summed E-state index contributed by atoms with van der Waals surface area (Å²) < 4.78 is 0. The van der Waals surface area contributed by atoms with Gasteiger partial charge in [0, 0.05) is 5.56 Å². The van der Waals surface area contributed by atoms with E-state index in [0.29, 0.717) is 16.5 Å². The van der Waals surface area contributed by atoms with Crippen LogP contribution in [0.2, 0.25) is 0 Å². The van der Waals surface area contributed by atoms with E-state index in [1.807, 2.05) is 69.3 Å². The molecule has 0 saturated heterocycles. The lowest BCUT2D eigenvalue weighted by Crippen LogP contribution is -2.32. The monoisotopic (exact) mass is 437 g/mol. The number of amides is 2. The van der Waals surface area contributed by atoms with Crippen LogP contribution in [0.3, 0.4) is 0 Å². The van der Waals surface area contributed by atoms with Gasteiger partial charge in [0.25, 0.3) is 5.91 Å². The lowest BCUT2D eigenvalue weighted by Gasteiger charge is -2.19. The first kappa shape index (κ1) is 22.6. The molecule has 1 heterocycles.